The number of hydrogen-bond donors (Lipinski definition) is 2. The summed E-state index contributed by atoms with van der Waals surface area (Å²) >= 11 is 1.62. The molecular weight excluding hydrogens is 260 g/mol. The third-order valence-corrected chi connectivity index (χ3v) is 3.60. The maximum Gasteiger partial charge on any atom is 0.107 e. The van der Waals surface area contributed by atoms with E-state index in [4.69, 9.17) is 9.84 Å². The van der Waals surface area contributed by atoms with E-state index in [0.29, 0.717) is 13.2 Å². The quantitative estimate of drug-likeness (QED) is 0.812. The molecule has 5 heteroatoms. The number of hydrogen-bond acceptors (Lipinski definition) is 5. The Balaban J connectivity index is 1.94. The fourth-order valence-electron chi connectivity index (χ4n) is 1.74. The summed E-state index contributed by atoms with van der Waals surface area (Å²) in [6.07, 6.45) is 0. The van der Waals surface area contributed by atoms with Crippen LogP contribution in [-0.4, -0.2) is 36.5 Å². The Morgan fingerprint density at radius 2 is 2.16 bits per heavy atom. The molecule has 0 aliphatic rings. The fraction of sp³-hybridized carbons (Fsp3) is 0.357. The third kappa shape index (κ3) is 4.11. The van der Waals surface area contributed by atoms with Crippen molar-refractivity contribution >= 4 is 11.3 Å². The normalized spacial score (nSPS) is 12.5. The summed E-state index contributed by atoms with van der Waals surface area (Å²) in [4.78, 5) is 4.58. The summed E-state index contributed by atoms with van der Waals surface area (Å²) in [7, 11) is 1.63. The van der Waals surface area contributed by atoms with Crippen LogP contribution in [0.4, 0.5) is 0 Å². The zero-order valence-corrected chi connectivity index (χ0v) is 11.7. The molecule has 0 saturated carbocycles. The number of nitrogens with zero attached hydrogens (tertiary/aromatic N) is 1. The lowest BCUT2D eigenvalue weighted by Crippen LogP contribution is -2.35. The molecule has 0 amide bonds. The predicted octanol–water partition coefficient (Wildman–Crippen LogP) is 1.91. The van der Waals surface area contributed by atoms with E-state index in [2.05, 4.69) is 15.7 Å². The molecule has 1 atom stereocenters. The Labute approximate surface area is 117 Å². The number of rotatable bonds is 7. The number of ether oxygens (including phenoxy) is 1. The molecule has 102 valence electrons. The number of thiazole rings is 1. The second kappa shape index (κ2) is 7.35. The minimum absolute atomic E-state index is 0.0472. The molecule has 0 radical (unpaired) electrons. The molecule has 0 aliphatic carbocycles. The maximum atomic E-state index is 9.16. The Bertz CT molecular complexity index is 487. The van der Waals surface area contributed by atoms with Crippen molar-refractivity contribution in [2.24, 2.45) is 0 Å². The van der Waals surface area contributed by atoms with Crippen LogP contribution in [0.3, 0.4) is 0 Å². The Morgan fingerprint density at radius 1 is 1.37 bits per heavy atom. The first-order chi connectivity index (χ1) is 9.33. The van der Waals surface area contributed by atoms with Gasteiger partial charge < -0.3 is 15.2 Å². The molecule has 1 aromatic carbocycles. The highest BCUT2D eigenvalue weighted by atomic mass is 32.1. The van der Waals surface area contributed by atoms with Gasteiger partial charge in [0.1, 0.15) is 5.01 Å². The van der Waals surface area contributed by atoms with Gasteiger partial charge in [0, 0.05) is 24.6 Å². The zero-order chi connectivity index (χ0) is 13.5. The number of aliphatic hydroxyl groups excluding tert-OH is 1. The second-order valence-electron chi connectivity index (χ2n) is 4.21. The Morgan fingerprint density at radius 3 is 2.84 bits per heavy atom. The summed E-state index contributed by atoms with van der Waals surface area (Å²) in [5, 5.41) is 15.4. The first-order valence-electron chi connectivity index (χ1n) is 6.16. The van der Waals surface area contributed by atoms with Crippen LogP contribution in [0.1, 0.15) is 5.01 Å². The highest BCUT2D eigenvalue weighted by Crippen LogP contribution is 2.21. The lowest BCUT2D eigenvalue weighted by molar-refractivity contribution is 0.128. The van der Waals surface area contributed by atoms with E-state index in [1.54, 1.807) is 18.4 Å². The van der Waals surface area contributed by atoms with E-state index in [-0.39, 0.29) is 12.6 Å². The monoisotopic (exact) mass is 278 g/mol. The minimum Gasteiger partial charge on any atom is -0.395 e. The van der Waals surface area contributed by atoms with Crippen LogP contribution in [0.15, 0.2) is 35.7 Å². The highest BCUT2D eigenvalue weighted by molar-refractivity contribution is 7.09. The summed E-state index contributed by atoms with van der Waals surface area (Å²) in [5.74, 6) is 0. The molecule has 0 bridgehead atoms. The molecule has 2 aromatic rings. The number of nitrogens with one attached hydrogen (secondary N) is 1. The van der Waals surface area contributed by atoms with Crippen LogP contribution in [0, 0.1) is 0 Å². The first kappa shape index (κ1) is 14.1. The molecule has 2 N–H and O–H groups in total. The van der Waals surface area contributed by atoms with Crippen molar-refractivity contribution in [1.82, 2.24) is 10.3 Å². The van der Waals surface area contributed by atoms with Crippen molar-refractivity contribution in [3.8, 4) is 11.3 Å². The van der Waals surface area contributed by atoms with E-state index in [1.165, 1.54) is 0 Å². The van der Waals surface area contributed by atoms with Gasteiger partial charge in [-0.1, -0.05) is 30.3 Å². The number of methoxy groups -OCH3 is 1. The smallest absolute Gasteiger partial charge is 0.107 e. The van der Waals surface area contributed by atoms with Crippen LogP contribution in [0.2, 0.25) is 0 Å². The molecule has 0 saturated heterocycles. The van der Waals surface area contributed by atoms with Gasteiger partial charge >= 0.3 is 0 Å². The average Bonchev–Trinajstić information content (AvgIpc) is 2.93. The largest absolute Gasteiger partial charge is 0.395 e. The molecule has 2 rings (SSSR count). The first-order valence-corrected chi connectivity index (χ1v) is 7.04. The predicted molar refractivity (Wildman–Crippen MR) is 77.1 cm³/mol. The average molecular weight is 278 g/mol. The van der Waals surface area contributed by atoms with E-state index in [0.717, 1.165) is 16.3 Å². The summed E-state index contributed by atoms with van der Waals surface area (Å²) < 4.78 is 5.02. The Kier molecular flexibility index (Phi) is 5.47. The van der Waals surface area contributed by atoms with Crippen LogP contribution in [0.5, 0.6) is 0 Å². The Hall–Kier alpha value is -1.27. The number of benzene rings is 1. The third-order valence-electron chi connectivity index (χ3n) is 2.75. The SMILES string of the molecule is COCC(CO)NCc1nc(-c2ccccc2)cs1. The lowest BCUT2D eigenvalue weighted by atomic mass is 10.2. The van der Waals surface area contributed by atoms with E-state index >= 15 is 0 Å². The number of aliphatic hydroxyl groups is 1. The molecule has 0 fully saturated rings. The molecule has 1 aromatic heterocycles. The van der Waals surface area contributed by atoms with Crippen LogP contribution in [0.25, 0.3) is 11.3 Å². The van der Waals surface area contributed by atoms with Crippen molar-refractivity contribution in [3.05, 3.63) is 40.7 Å². The van der Waals surface area contributed by atoms with Gasteiger partial charge in [0.2, 0.25) is 0 Å². The summed E-state index contributed by atoms with van der Waals surface area (Å²) in [6.45, 7) is 1.20. The van der Waals surface area contributed by atoms with Crippen molar-refractivity contribution in [2.45, 2.75) is 12.6 Å². The van der Waals surface area contributed by atoms with Crippen molar-refractivity contribution in [3.63, 3.8) is 0 Å². The van der Waals surface area contributed by atoms with Crippen molar-refractivity contribution < 1.29 is 9.84 Å². The second-order valence-corrected chi connectivity index (χ2v) is 5.15. The van der Waals surface area contributed by atoms with Crippen LogP contribution >= 0.6 is 11.3 Å². The van der Waals surface area contributed by atoms with Crippen molar-refractivity contribution in [1.29, 1.82) is 0 Å². The van der Waals surface area contributed by atoms with Gasteiger partial charge in [-0.05, 0) is 0 Å². The van der Waals surface area contributed by atoms with Gasteiger partial charge in [-0.3, -0.25) is 0 Å². The van der Waals surface area contributed by atoms with Gasteiger partial charge in [-0.15, -0.1) is 11.3 Å². The van der Waals surface area contributed by atoms with Crippen LogP contribution < -0.4 is 5.32 Å². The van der Waals surface area contributed by atoms with E-state index in [1.807, 2.05) is 30.3 Å². The molecule has 1 heterocycles. The summed E-state index contributed by atoms with van der Waals surface area (Å²) in [5.41, 5.74) is 2.12. The molecule has 0 aliphatic heterocycles. The molecule has 1 unspecified atom stereocenters. The van der Waals surface area contributed by atoms with E-state index in [9.17, 15) is 0 Å². The zero-order valence-electron chi connectivity index (χ0n) is 10.9. The molecule has 19 heavy (non-hydrogen) atoms. The van der Waals surface area contributed by atoms with Gasteiger partial charge in [-0.2, -0.15) is 0 Å². The van der Waals surface area contributed by atoms with Gasteiger partial charge in [0.25, 0.3) is 0 Å². The van der Waals surface area contributed by atoms with E-state index < -0.39 is 0 Å². The number of aromatic nitrogens is 1. The molecular formula is C14H18N2O2S. The maximum absolute atomic E-state index is 9.16. The summed E-state index contributed by atoms with van der Waals surface area (Å²) in [6, 6.07) is 10.1. The van der Waals surface area contributed by atoms with Gasteiger partial charge in [-0.25, -0.2) is 4.98 Å². The van der Waals surface area contributed by atoms with Gasteiger partial charge in [0.05, 0.1) is 24.9 Å². The minimum atomic E-state index is -0.0472. The highest BCUT2D eigenvalue weighted by Gasteiger charge is 2.08. The molecule has 0 spiro atoms. The fourth-order valence-corrected chi connectivity index (χ4v) is 2.50. The molecule has 4 nitrogen and oxygen atoms in total. The van der Waals surface area contributed by atoms with Crippen LogP contribution in [-0.2, 0) is 11.3 Å². The van der Waals surface area contributed by atoms with Gasteiger partial charge in [0.15, 0.2) is 0 Å². The van der Waals surface area contributed by atoms with Crippen molar-refractivity contribution in [2.75, 3.05) is 20.3 Å². The topological polar surface area (TPSA) is 54.4 Å². The standard InChI is InChI=1S/C14H18N2O2S/c1-18-9-12(8-17)15-7-14-16-13(10-19-14)11-5-3-2-4-6-11/h2-6,10,12,15,17H,7-9H2,1H3. The lowest BCUT2D eigenvalue weighted by Gasteiger charge is -2.13.